The van der Waals surface area contributed by atoms with Crippen molar-refractivity contribution in [2.24, 2.45) is 5.14 Å². The van der Waals surface area contributed by atoms with Crippen LogP contribution in [0.1, 0.15) is 18.5 Å². The van der Waals surface area contributed by atoms with E-state index in [-0.39, 0.29) is 21.0 Å². The highest BCUT2D eigenvalue weighted by atomic mass is 32.3. The van der Waals surface area contributed by atoms with Crippen LogP contribution in [-0.2, 0) is 20.0 Å². The van der Waals surface area contributed by atoms with E-state index in [9.17, 15) is 16.8 Å². The number of sulfonamides is 2. The molecule has 19 heavy (non-hydrogen) atoms. The first-order chi connectivity index (χ1) is 8.67. The third-order valence-corrected chi connectivity index (χ3v) is 7.81. The van der Waals surface area contributed by atoms with Crippen molar-refractivity contribution >= 4 is 31.4 Å². The first-order valence-electron chi connectivity index (χ1n) is 5.54. The predicted octanol–water partition coefficient (Wildman–Crippen LogP) is -0.320. The summed E-state index contributed by atoms with van der Waals surface area (Å²) < 4.78 is 48.2. The number of likely N-dealkylation sites (N-methyl/N-ethyl adjacent to an activating group) is 2. The van der Waals surface area contributed by atoms with Gasteiger partial charge in [-0.2, -0.15) is 4.31 Å². The highest BCUT2D eigenvalue weighted by Crippen LogP contribution is 2.39. The lowest BCUT2D eigenvalue weighted by molar-refractivity contribution is 0.385. The van der Waals surface area contributed by atoms with Crippen molar-refractivity contribution < 1.29 is 16.8 Å². The highest BCUT2D eigenvalue weighted by molar-refractivity contribution is 7.94. The smallest absolute Gasteiger partial charge is 0.252 e. The molecule has 0 radical (unpaired) electrons. The first-order valence-corrected chi connectivity index (χ1v) is 9.34. The number of thiophene rings is 1. The second-order valence-electron chi connectivity index (χ2n) is 4.25. The molecule has 1 unspecified atom stereocenters. The monoisotopic (exact) mass is 325 g/mol. The Hall–Kier alpha value is -0.520. The van der Waals surface area contributed by atoms with E-state index in [1.165, 1.54) is 17.4 Å². The molecule has 108 valence electrons. The SMILES string of the molecule is CCNC1CN(C)S(=O)(=O)c2sc(S(N)(=O)=O)cc21. The van der Waals surface area contributed by atoms with Gasteiger partial charge in [0.15, 0.2) is 0 Å². The van der Waals surface area contributed by atoms with Crippen molar-refractivity contribution in [1.82, 2.24) is 9.62 Å². The Morgan fingerprint density at radius 1 is 1.58 bits per heavy atom. The van der Waals surface area contributed by atoms with Gasteiger partial charge in [0, 0.05) is 25.2 Å². The third-order valence-electron chi connectivity index (χ3n) is 2.89. The molecule has 10 heteroatoms. The van der Waals surface area contributed by atoms with Crippen molar-refractivity contribution in [2.75, 3.05) is 20.1 Å². The molecule has 0 fully saturated rings. The van der Waals surface area contributed by atoms with E-state index >= 15 is 0 Å². The average Bonchev–Trinajstić information content (AvgIpc) is 2.72. The van der Waals surface area contributed by atoms with Crippen LogP contribution in [0.2, 0.25) is 0 Å². The van der Waals surface area contributed by atoms with Crippen LogP contribution in [0.25, 0.3) is 0 Å². The number of nitrogens with one attached hydrogen (secondary N) is 1. The van der Waals surface area contributed by atoms with E-state index in [0.717, 1.165) is 0 Å². The number of nitrogens with two attached hydrogens (primary N) is 1. The van der Waals surface area contributed by atoms with Crippen LogP contribution >= 0.6 is 11.3 Å². The maximum Gasteiger partial charge on any atom is 0.252 e. The zero-order valence-electron chi connectivity index (χ0n) is 10.5. The van der Waals surface area contributed by atoms with Crippen molar-refractivity contribution in [3.05, 3.63) is 11.6 Å². The summed E-state index contributed by atoms with van der Waals surface area (Å²) in [5.41, 5.74) is 0.481. The van der Waals surface area contributed by atoms with E-state index in [1.54, 1.807) is 0 Å². The Balaban J connectivity index is 2.64. The molecule has 0 aromatic carbocycles. The molecule has 0 saturated heterocycles. The van der Waals surface area contributed by atoms with Gasteiger partial charge < -0.3 is 5.32 Å². The van der Waals surface area contributed by atoms with Crippen LogP contribution < -0.4 is 10.5 Å². The lowest BCUT2D eigenvalue weighted by atomic mass is 10.1. The molecular weight excluding hydrogens is 310 g/mol. The molecular formula is C9H15N3O4S3. The topological polar surface area (TPSA) is 110 Å². The minimum absolute atomic E-state index is 0.0521. The molecule has 1 aliphatic rings. The number of hydrogen-bond donors (Lipinski definition) is 2. The molecule has 1 aliphatic heterocycles. The summed E-state index contributed by atoms with van der Waals surface area (Å²) in [4.78, 5) is 0. The molecule has 0 spiro atoms. The van der Waals surface area contributed by atoms with Gasteiger partial charge in [-0.05, 0) is 12.6 Å². The summed E-state index contributed by atoms with van der Waals surface area (Å²) >= 11 is 0.700. The fourth-order valence-corrected chi connectivity index (χ4v) is 6.02. The van der Waals surface area contributed by atoms with E-state index in [0.29, 0.717) is 23.4 Å². The van der Waals surface area contributed by atoms with Crippen LogP contribution in [-0.4, -0.2) is 41.3 Å². The fraction of sp³-hybridized carbons (Fsp3) is 0.556. The maximum atomic E-state index is 12.2. The molecule has 7 nitrogen and oxygen atoms in total. The number of nitrogens with zero attached hydrogens (tertiary/aromatic N) is 1. The van der Waals surface area contributed by atoms with Crippen molar-refractivity contribution in [3.8, 4) is 0 Å². The van der Waals surface area contributed by atoms with Gasteiger partial charge in [0.1, 0.15) is 8.42 Å². The molecule has 2 rings (SSSR count). The van der Waals surface area contributed by atoms with Gasteiger partial charge in [-0.25, -0.2) is 22.0 Å². The molecule has 1 atom stereocenters. The predicted molar refractivity (Wildman–Crippen MR) is 71.9 cm³/mol. The normalized spacial score (nSPS) is 23.2. The van der Waals surface area contributed by atoms with Crippen LogP contribution in [0, 0.1) is 0 Å². The molecule has 1 aromatic rings. The van der Waals surface area contributed by atoms with Gasteiger partial charge in [-0.15, -0.1) is 11.3 Å². The number of hydrogen-bond acceptors (Lipinski definition) is 6. The standard InChI is InChI=1S/C9H15N3O4S3/c1-3-11-7-5-12(2)19(15,16)9-6(7)4-8(17-9)18(10,13)14/h4,7,11H,3,5H2,1-2H3,(H2,10,13,14). The number of rotatable bonds is 3. The first kappa shape index (κ1) is 14.9. The van der Waals surface area contributed by atoms with Crippen LogP contribution in [0.3, 0.4) is 0 Å². The van der Waals surface area contributed by atoms with E-state index < -0.39 is 20.0 Å². The van der Waals surface area contributed by atoms with Crippen molar-refractivity contribution in [1.29, 1.82) is 0 Å². The Morgan fingerprint density at radius 2 is 2.21 bits per heavy atom. The van der Waals surface area contributed by atoms with Crippen LogP contribution in [0.5, 0.6) is 0 Å². The molecule has 2 heterocycles. The summed E-state index contributed by atoms with van der Waals surface area (Å²) in [6.45, 7) is 2.82. The molecule has 0 saturated carbocycles. The Labute approximate surface area is 116 Å². The molecule has 0 aliphatic carbocycles. The lowest BCUT2D eigenvalue weighted by Gasteiger charge is -2.29. The lowest BCUT2D eigenvalue weighted by Crippen LogP contribution is -2.40. The maximum absolute atomic E-state index is 12.2. The minimum Gasteiger partial charge on any atom is -0.309 e. The van der Waals surface area contributed by atoms with Crippen molar-refractivity contribution in [2.45, 2.75) is 21.4 Å². The molecule has 0 bridgehead atoms. The summed E-state index contributed by atoms with van der Waals surface area (Å²) in [6, 6.07) is 1.13. The summed E-state index contributed by atoms with van der Waals surface area (Å²) in [5, 5.41) is 8.20. The van der Waals surface area contributed by atoms with Crippen molar-refractivity contribution in [3.63, 3.8) is 0 Å². The van der Waals surface area contributed by atoms with E-state index in [1.807, 2.05) is 6.92 Å². The van der Waals surface area contributed by atoms with Gasteiger partial charge in [-0.1, -0.05) is 6.92 Å². The summed E-state index contributed by atoms with van der Waals surface area (Å²) in [5.74, 6) is 0. The average molecular weight is 325 g/mol. The van der Waals surface area contributed by atoms with E-state index in [2.05, 4.69) is 5.32 Å². The van der Waals surface area contributed by atoms with Crippen LogP contribution in [0.4, 0.5) is 0 Å². The molecule has 1 aromatic heterocycles. The number of fused-ring (bicyclic) bond motifs is 1. The zero-order valence-corrected chi connectivity index (χ0v) is 12.9. The Morgan fingerprint density at radius 3 is 2.74 bits per heavy atom. The summed E-state index contributed by atoms with van der Waals surface area (Å²) in [7, 11) is -6.04. The van der Waals surface area contributed by atoms with Gasteiger partial charge in [-0.3, -0.25) is 0 Å². The zero-order chi connectivity index (χ0) is 14.4. The van der Waals surface area contributed by atoms with Gasteiger partial charge in [0.05, 0.1) is 0 Å². The fourth-order valence-electron chi connectivity index (χ4n) is 1.97. The van der Waals surface area contributed by atoms with Crippen LogP contribution in [0.15, 0.2) is 14.5 Å². The van der Waals surface area contributed by atoms with Gasteiger partial charge in [0.25, 0.3) is 10.0 Å². The Kier molecular flexibility index (Phi) is 3.75. The minimum atomic E-state index is -3.90. The quantitative estimate of drug-likeness (QED) is 0.791. The Bertz CT molecular complexity index is 692. The number of primary sulfonamides is 1. The second-order valence-corrected chi connectivity index (χ2v) is 9.33. The second kappa shape index (κ2) is 4.79. The molecule has 0 amide bonds. The summed E-state index contributed by atoms with van der Waals surface area (Å²) in [6.07, 6.45) is 0. The van der Waals surface area contributed by atoms with Gasteiger partial charge >= 0.3 is 0 Å². The third kappa shape index (κ3) is 2.56. The van der Waals surface area contributed by atoms with E-state index in [4.69, 9.17) is 5.14 Å². The van der Waals surface area contributed by atoms with Gasteiger partial charge in [0.2, 0.25) is 10.0 Å². The largest absolute Gasteiger partial charge is 0.309 e. The highest BCUT2D eigenvalue weighted by Gasteiger charge is 2.37. The molecule has 3 N–H and O–H groups in total.